The lowest BCUT2D eigenvalue weighted by Gasteiger charge is -1.93. The molecule has 0 aromatic carbocycles. The number of unbranched alkanes of at least 4 members (excludes halogenated alkanes) is 5. The van der Waals surface area contributed by atoms with Crippen molar-refractivity contribution in [3.05, 3.63) is 0 Å². The molecule has 0 aromatic heterocycles. The van der Waals surface area contributed by atoms with E-state index < -0.39 is 0 Å². The fraction of sp³-hybridized carbons (Fsp3) is 1.00. The molecule has 0 aliphatic rings. The van der Waals surface area contributed by atoms with Crippen molar-refractivity contribution < 1.29 is 3.84 Å². The molecule has 0 saturated heterocycles. The molecule has 0 atom stereocenters. The first-order chi connectivity index (χ1) is 5.33. The maximum absolute atomic E-state index is 4.26. The summed E-state index contributed by atoms with van der Waals surface area (Å²) in [5, 5.41) is 0. The maximum Gasteiger partial charge on any atom is 0.0832 e. The van der Waals surface area contributed by atoms with Crippen LogP contribution in [0.3, 0.4) is 0 Å². The fourth-order valence-corrected chi connectivity index (χ4v) is 0.854. The SMILES string of the molecule is CCCCCCCC.ClOCl. The summed E-state index contributed by atoms with van der Waals surface area (Å²) >= 11 is 8.53. The van der Waals surface area contributed by atoms with Gasteiger partial charge in [0.1, 0.15) is 0 Å². The van der Waals surface area contributed by atoms with E-state index in [2.05, 4.69) is 41.4 Å². The van der Waals surface area contributed by atoms with Crippen molar-refractivity contribution in [2.75, 3.05) is 0 Å². The molecule has 0 rings (SSSR count). The van der Waals surface area contributed by atoms with E-state index in [1.54, 1.807) is 0 Å². The van der Waals surface area contributed by atoms with Crippen molar-refractivity contribution in [2.45, 2.75) is 52.4 Å². The second-order valence-electron chi connectivity index (χ2n) is 2.47. The normalized spacial score (nSPS) is 8.73. The van der Waals surface area contributed by atoms with Crippen LogP contribution in [0.4, 0.5) is 0 Å². The number of halogens is 2. The number of hydrogen-bond acceptors (Lipinski definition) is 1. The third kappa shape index (κ3) is 25.0. The van der Waals surface area contributed by atoms with Gasteiger partial charge in [0, 0.05) is 0 Å². The van der Waals surface area contributed by atoms with E-state index >= 15 is 0 Å². The van der Waals surface area contributed by atoms with E-state index in [1.807, 2.05) is 0 Å². The third-order valence-electron chi connectivity index (χ3n) is 1.46. The van der Waals surface area contributed by atoms with Crippen molar-refractivity contribution in [1.82, 2.24) is 0 Å². The van der Waals surface area contributed by atoms with Crippen LogP contribution in [0.2, 0.25) is 0 Å². The first kappa shape index (κ1) is 14.1. The summed E-state index contributed by atoms with van der Waals surface area (Å²) < 4.78 is 3.19. The molecule has 0 aliphatic heterocycles. The van der Waals surface area contributed by atoms with Gasteiger partial charge in [-0.1, -0.05) is 52.4 Å². The molecule has 0 unspecified atom stereocenters. The predicted molar refractivity (Wildman–Crippen MR) is 51.8 cm³/mol. The van der Waals surface area contributed by atoms with E-state index in [4.69, 9.17) is 0 Å². The van der Waals surface area contributed by atoms with Crippen LogP contribution in [0.15, 0.2) is 0 Å². The van der Waals surface area contributed by atoms with Crippen LogP contribution in [-0.4, -0.2) is 0 Å². The Labute approximate surface area is 80.4 Å². The minimum absolute atomic E-state index is 1.36. The highest BCUT2D eigenvalue weighted by Crippen LogP contribution is 2.03. The van der Waals surface area contributed by atoms with Gasteiger partial charge in [-0.05, 0) is 0 Å². The van der Waals surface area contributed by atoms with Crippen LogP contribution < -0.4 is 0 Å². The summed E-state index contributed by atoms with van der Waals surface area (Å²) in [5.41, 5.74) is 0. The molecule has 0 bridgehead atoms. The first-order valence-electron chi connectivity index (χ1n) is 4.22. The second-order valence-corrected chi connectivity index (χ2v) is 2.94. The molecule has 70 valence electrons. The zero-order valence-corrected chi connectivity index (χ0v) is 8.92. The molecule has 0 aliphatic carbocycles. The van der Waals surface area contributed by atoms with Crippen molar-refractivity contribution >= 4 is 23.7 Å². The summed E-state index contributed by atoms with van der Waals surface area (Å²) in [7, 11) is 0. The zero-order valence-electron chi connectivity index (χ0n) is 7.41. The summed E-state index contributed by atoms with van der Waals surface area (Å²) in [6, 6.07) is 0. The van der Waals surface area contributed by atoms with E-state index in [1.165, 1.54) is 38.5 Å². The van der Waals surface area contributed by atoms with Crippen molar-refractivity contribution in [3.8, 4) is 0 Å². The van der Waals surface area contributed by atoms with Crippen molar-refractivity contribution in [1.29, 1.82) is 0 Å². The Kier molecular flexibility index (Phi) is 21.6. The topological polar surface area (TPSA) is 9.23 Å². The molecule has 0 spiro atoms. The van der Waals surface area contributed by atoms with Crippen molar-refractivity contribution in [2.24, 2.45) is 0 Å². The standard InChI is InChI=1S/C8H18.Cl2O/c1-3-5-7-8-6-4-2;1-3-2/h3-8H2,1-2H3;. The van der Waals surface area contributed by atoms with Crippen LogP contribution in [0.25, 0.3) is 0 Å². The monoisotopic (exact) mass is 200 g/mol. The largest absolute Gasteiger partial charge is 0.166 e. The quantitative estimate of drug-likeness (QED) is 0.587. The molecule has 0 heterocycles. The van der Waals surface area contributed by atoms with Gasteiger partial charge in [0.05, 0.1) is 23.7 Å². The van der Waals surface area contributed by atoms with E-state index in [9.17, 15) is 0 Å². The minimum Gasteiger partial charge on any atom is -0.166 e. The average molecular weight is 201 g/mol. The highest BCUT2D eigenvalue weighted by Gasteiger charge is 1.83. The lowest BCUT2D eigenvalue weighted by molar-refractivity contribution is 0.624. The molecule has 0 aromatic rings. The van der Waals surface area contributed by atoms with E-state index in [0.29, 0.717) is 0 Å². The molecule has 0 fully saturated rings. The average Bonchev–Trinajstić information content (AvgIpc) is 2.00. The van der Waals surface area contributed by atoms with Crippen LogP contribution in [0.5, 0.6) is 0 Å². The lowest BCUT2D eigenvalue weighted by atomic mass is 10.1. The summed E-state index contributed by atoms with van der Waals surface area (Å²) in [6.45, 7) is 4.51. The van der Waals surface area contributed by atoms with Gasteiger partial charge in [0.25, 0.3) is 0 Å². The van der Waals surface area contributed by atoms with Gasteiger partial charge in [0.15, 0.2) is 0 Å². The summed E-state index contributed by atoms with van der Waals surface area (Å²) in [4.78, 5) is 0. The van der Waals surface area contributed by atoms with Crippen LogP contribution in [0, 0.1) is 0 Å². The maximum atomic E-state index is 4.26. The lowest BCUT2D eigenvalue weighted by Crippen LogP contribution is -1.73. The Bertz CT molecular complexity index is 45.4. The van der Waals surface area contributed by atoms with Gasteiger partial charge >= 0.3 is 0 Å². The van der Waals surface area contributed by atoms with Gasteiger partial charge in [-0.2, -0.15) is 3.84 Å². The molecular weight excluding hydrogens is 183 g/mol. The van der Waals surface area contributed by atoms with E-state index in [0.717, 1.165) is 0 Å². The van der Waals surface area contributed by atoms with Gasteiger partial charge in [-0.15, -0.1) is 0 Å². The van der Waals surface area contributed by atoms with Gasteiger partial charge in [0.2, 0.25) is 0 Å². The minimum atomic E-state index is 1.36. The Morgan fingerprint density at radius 1 is 0.818 bits per heavy atom. The molecule has 11 heavy (non-hydrogen) atoms. The Morgan fingerprint density at radius 3 is 1.27 bits per heavy atom. The molecule has 0 radical (unpaired) electrons. The Morgan fingerprint density at radius 2 is 1.09 bits per heavy atom. The van der Waals surface area contributed by atoms with Gasteiger partial charge in [-0.25, -0.2) is 0 Å². The molecule has 3 heteroatoms. The second kappa shape index (κ2) is 16.9. The molecule has 0 amide bonds. The summed E-state index contributed by atoms with van der Waals surface area (Å²) in [6.07, 6.45) is 8.49. The summed E-state index contributed by atoms with van der Waals surface area (Å²) in [5.74, 6) is 0. The van der Waals surface area contributed by atoms with E-state index in [-0.39, 0.29) is 0 Å². The molecular formula is C8H18Cl2O. The van der Waals surface area contributed by atoms with Gasteiger partial charge < -0.3 is 0 Å². The molecule has 0 N–H and O–H groups in total. The van der Waals surface area contributed by atoms with Crippen LogP contribution >= 0.6 is 23.7 Å². The smallest absolute Gasteiger partial charge is 0.0832 e. The van der Waals surface area contributed by atoms with Crippen molar-refractivity contribution in [3.63, 3.8) is 0 Å². The predicted octanol–water partition coefficient (Wildman–Crippen LogP) is 4.68. The number of rotatable bonds is 5. The fourth-order valence-electron chi connectivity index (χ4n) is 0.854. The van der Waals surface area contributed by atoms with Gasteiger partial charge in [-0.3, -0.25) is 0 Å². The highest BCUT2D eigenvalue weighted by atomic mass is 35.6. The molecule has 1 nitrogen and oxygen atoms in total. The first-order valence-corrected chi connectivity index (χ1v) is 4.84. The van der Waals surface area contributed by atoms with Crippen LogP contribution in [0.1, 0.15) is 52.4 Å². The third-order valence-corrected chi connectivity index (χ3v) is 1.46. The zero-order chi connectivity index (χ0) is 8.95. The van der Waals surface area contributed by atoms with Crippen LogP contribution in [-0.2, 0) is 3.84 Å². The highest BCUT2D eigenvalue weighted by molar-refractivity contribution is 6.24. The number of hydrogen-bond donors (Lipinski definition) is 0. The Hall–Kier alpha value is 0.540. The molecule has 0 saturated carbocycles. The Balaban J connectivity index is 0.